The van der Waals surface area contributed by atoms with Gasteiger partial charge in [0, 0.05) is 28.3 Å². The fourth-order valence-electron chi connectivity index (χ4n) is 2.82. The van der Waals surface area contributed by atoms with Gasteiger partial charge in [-0.3, -0.25) is 9.59 Å². The summed E-state index contributed by atoms with van der Waals surface area (Å²) >= 11 is 3.39. The van der Waals surface area contributed by atoms with Crippen molar-refractivity contribution in [2.75, 3.05) is 5.32 Å². The summed E-state index contributed by atoms with van der Waals surface area (Å²) in [6.45, 7) is 0. The molecule has 1 fully saturated rings. The van der Waals surface area contributed by atoms with Crippen LogP contribution < -0.4 is 10.6 Å². The molecule has 1 aliphatic carbocycles. The summed E-state index contributed by atoms with van der Waals surface area (Å²) < 4.78 is 0. The van der Waals surface area contributed by atoms with Gasteiger partial charge >= 0.3 is 0 Å². The van der Waals surface area contributed by atoms with Crippen LogP contribution >= 0.6 is 23.1 Å². The lowest BCUT2D eigenvalue weighted by Crippen LogP contribution is -2.25. The molecule has 3 aromatic rings. The second-order valence-electron chi connectivity index (χ2n) is 7.11. The average Bonchev–Trinajstić information content (AvgIpc) is 3.42. The highest BCUT2D eigenvalue weighted by Crippen LogP contribution is 2.30. The van der Waals surface area contributed by atoms with E-state index in [4.69, 9.17) is 0 Å². The van der Waals surface area contributed by atoms with Crippen molar-refractivity contribution in [2.45, 2.75) is 29.5 Å². The van der Waals surface area contributed by atoms with E-state index in [2.05, 4.69) is 27.5 Å². The first-order chi connectivity index (χ1) is 14.7. The molecule has 30 heavy (non-hydrogen) atoms. The van der Waals surface area contributed by atoms with Gasteiger partial charge in [-0.1, -0.05) is 24.3 Å². The number of thiophene rings is 1. The molecule has 0 unspecified atom stereocenters. The summed E-state index contributed by atoms with van der Waals surface area (Å²) in [6.07, 6.45) is 5.40. The summed E-state index contributed by atoms with van der Waals surface area (Å²) in [4.78, 5) is 25.5. The first-order valence-electron chi connectivity index (χ1n) is 9.80. The third-order valence-corrected chi connectivity index (χ3v) is 6.51. The number of carbonyl (C=O) groups is 2. The van der Waals surface area contributed by atoms with Gasteiger partial charge in [0.05, 0.1) is 5.69 Å². The van der Waals surface area contributed by atoms with Gasteiger partial charge in [-0.2, -0.15) is 11.3 Å². The Labute approximate surface area is 184 Å². The highest BCUT2D eigenvalue weighted by molar-refractivity contribution is 7.98. The molecule has 2 N–H and O–H groups in total. The van der Waals surface area contributed by atoms with Gasteiger partial charge in [-0.05, 0) is 71.1 Å². The molecule has 1 heterocycles. The quantitative estimate of drug-likeness (QED) is 0.359. The number of hydrogen-bond donors (Lipinski definition) is 2. The minimum absolute atomic E-state index is 0.0395. The lowest BCUT2D eigenvalue weighted by molar-refractivity contribution is -0.111. The number of nitrogens with one attached hydrogen (secondary N) is 2. The summed E-state index contributed by atoms with van der Waals surface area (Å²) in [5.41, 5.74) is 3.59. The summed E-state index contributed by atoms with van der Waals surface area (Å²) in [5.74, 6) is 0.642. The van der Waals surface area contributed by atoms with Crippen LogP contribution in [0.4, 0.5) is 5.69 Å². The van der Waals surface area contributed by atoms with Gasteiger partial charge < -0.3 is 10.6 Å². The largest absolute Gasteiger partial charge is 0.349 e. The van der Waals surface area contributed by atoms with E-state index in [9.17, 15) is 9.59 Å². The Bertz CT molecular complexity index is 1040. The van der Waals surface area contributed by atoms with Gasteiger partial charge in [0.2, 0.25) is 5.91 Å². The molecule has 0 saturated heterocycles. The van der Waals surface area contributed by atoms with E-state index in [1.807, 2.05) is 36.4 Å². The molecule has 2 amide bonds. The molecule has 1 saturated carbocycles. The topological polar surface area (TPSA) is 58.2 Å². The van der Waals surface area contributed by atoms with Crippen molar-refractivity contribution in [1.82, 2.24) is 5.32 Å². The molecule has 0 aliphatic heterocycles. The zero-order chi connectivity index (χ0) is 20.8. The molecule has 0 bridgehead atoms. The van der Waals surface area contributed by atoms with E-state index in [1.165, 1.54) is 11.6 Å². The maximum Gasteiger partial charge on any atom is 0.251 e. The van der Waals surface area contributed by atoms with Crippen molar-refractivity contribution in [1.29, 1.82) is 0 Å². The van der Waals surface area contributed by atoms with Gasteiger partial charge in [0.1, 0.15) is 0 Å². The van der Waals surface area contributed by atoms with Crippen LogP contribution in [0.5, 0.6) is 0 Å². The Balaban J connectivity index is 1.34. The van der Waals surface area contributed by atoms with Crippen LogP contribution in [0, 0.1) is 0 Å². The Kier molecular flexibility index (Phi) is 6.67. The second kappa shape index (κ2) is 9.78. The van der Waals surface area contributed by atoms with E-state index >= 15 is 0 Å². The average molecular weight is 435 g/mol. The van der Waals surface area contributed by atoms with Gasteiger partial charge in [-0.25, -0.2) is 0 Å². The van der Waals surface area contributed by atoms with Crippen LogP contribution in [-0.4, -0.2) is 17.9 Å². The van der Waals surface area contributed by atoms with Crippen molar-refractivity contribution >= 4 is 46.7 Å². The lowest BCUT2D eigenvalue weighted by Gasteiger charge is -2.09. The van der Waals surface area contributed by atoms with Crippen molar-refractivity contribution in [2.24, 2.45) is 0 Å². The van der Waals surface area contributed by atoms with Crippen LogP contribution in [0.25, 0.3) is 6.08 Å². The fourth-order valence-corrected chi connectivity index (χ4v) is 4.55. The number of anilines is 1. The van der Waals surface area contributed by atoms with Gasteiger partial charge in [0.15, 0.2) is 0 Å². The predicted octanol–water partition coefficient (Wildman–Crippen LogP) is 5.58. The maximum absolute atomic E-state index is 12.4. The fraction of sp³-hybridized carbons (Fsp3) is 0.167. The van der Waals surface area contributed by atoms with Gasteiger partial charge in [-0.15, -0.1) is 11.8 Å². The molecule has 0 radical (unpaired) electrons. The zero-order valence-corrected chi connectivity index (χ0v) is 18.0. The van der Waals surface area contributed by atoms with Gasteiger partial charge in [0.25, 0.3) is 5.91 Å². The summed E-state index contributed by atoms with van der Waals surface area (Å²) in [7, 11) is 0. The number of carbonyl (C=O) groups excluding carboxylic acids is 2. The van der Waals surface area contributed by atoms with Crippen molar-refractivity contribution in [3.8, 4) is 0 Å². The lowest BCUT2D eigenvalue weighted by atomic mass is 10.1. The van der Waals surface area contributed by atoms with Crippen molar-refractivity contribution < 1.29 is 9.59 Å². The van der Waals surface area contributed by atoms with Crippen LogP contribution in [-0.2, 0) is 10.5 Å². The zero-order valence-electron chi connectivity index (χ0n) is 16.3. The first-order valence-corrected chi connectivity index (χ1v) is 11.7. The molecule has 0 atom stereocenters. The third-order valence-electron chi connectivity index (χ3n) is 4.63. The van der Waals surface area contributed by atoms with Crippen LogP contribution in [0.1, 0.15) is 34.3 Å². The number of para-hydroxylation sites is 1. The maximum atomic E-state index is 12.4. The minimum Gasteiger partial charge on any atom is -0.349 e. The van der Waals surface area contributed by atoms with Crippen molar-refractivity contribution in [3.05, 3.63) is 88.1 Å². The molecule has 2 aromatic carbocycles. The number of thioether (sulfide) groups is 1. The monoisotopic (exact) mass is 434 g/mol. The molecule has 1 aromatic heterocycles. The highest BCUT2D eigenvalue weighted by atomic mass is 32.2. The second-order valence-corrected chi connectivity index (χ2v) is 8.91. The number of rotatable bonds is 8. The Morgan fingerprint density at radius 1 is 1.07 bits per heavy atom. The number of hydrogen-bond acceptors (Lipinski definition) is 4. The summed E-state index contributed by atoms with van der Waals surface area (Å²) in [6, 6.07) is 17.5. The SMILES string of the molecule is O=C(C=Cc1ccc(C(=O)NC2CC2)cc1)Nc1ccccc1SCc1ccsc1. The molecule has 6 heteroatoms. The first kappa shape index (κ1) is 20.4. The van der Waals surface area contributed by atoms with Crippen LogP contribution in [0.3, 0.4) is 0 Å². The van der Waals surface area contributed by atoms with E-state index < -0.39 is 0 Å². The van der Waals surface area contributed by atoms with Crippen LogP contribution in [0.15, 0.2) is 76.3 Å². The molecule has 152 valence electrons. The molecule has 4 rings (SSSR count). The Morgan fingerprint density at radius 3 is 2.60 bits per heavy atom. The normalized spacial score (nSPS) is 13.3. The molecule has 1 aliphatic rings. The molecular formula is C24H22N2O2S2. The molecule has 4 nitrogen and oxygen atoms in total. The third kappa shape index (κ3) is 5.84. The minimum atomic E-state index is -0.186. The summed E-state index contributed by atoms with van der Waals surface area (Å²) in [5, 5.41) is 10.1. The Hall–Kier alpha value is -2.83. The van der Waals surface area contributed by atoms with Crippen molar-refractivity contribution in [3.63, 3.8) is 0 Å². The van der Waals surface area contributed by atoms with E-state index in [1.54, 1.807) is 41.3 Å². The molecule has 0 spiro atoms. The number of amides is 2. The van der Waals surface area contributed by atoms with E-state index in [0.717, 1.165) is 34.7 Å². The predicted molar refractivity (Wildman–Crippen MR) is 125 cm³/mol. The number of benzene rings is 2. The highest BCUT2D eigenvalue weighted by Gasteiger charge is 2.23. The Morgan fingerprint density at radius 2 is 1.87 bits per heavy atom. The van der Waals surface area contributed by atoms with E-state index in [0.29, 0.717) is 11.6 Å². The standard InChI is InChI=1S/C24H22N2O2S2/c27-23(12-7-17-5-8-19(9-6-17)24(28)25-20-10-11-20)26-21-3-1-2-4-22(21)30-16-18-13-14-29-15-18/h1-9,12-15,20H,10-11,16H2,(H,25,28)(H,26,27). The van der Waals surface area contributed by atoms with E-state index in [-0.39, 0.29) is 11.8 Å². The molecular weight excluding hydrogens is 412 g/mol. The smallest absolute Gasteiger partial charge is 0.251 e. The van der Waals surface area contributed by atoms with Crippen LogP contribution in [0.2, 0.25) is 0 Å².